The van der Waals surface area contributed by atoms with E-state index >= 15 is 0 Å². The van der Waals surface area contributed by atoms with Gasteiger partial charge in [0, 0.05) is 23.5 Å². The minimum atomic E-state index is 0.192. The molecule has 4 aromatic rings. The lowest BCUT2D eigenvalue weighted by molar-refractivity contribution is 0.478. The predicted octanol–water partition coefficient (Wildman–Crippen LogP) is 5.30. The molecule has 6 nitrogen and oxygen atoms in total. The molecule has 0 unspecified atom stereocenters. The molecule has 132 valence electrons. The number of anilines is 1. The molecule has 3 aromatic heterocycles. The molecule has 0 saturated heterocycles. The standard InChI is InChI=1S/C16H11Cl2N5OS2/c17-11-7-25-14-12(11)13(20-8-21-14)19-6-5-9-1-3-10(4-2-9)24-16-22-15(18)23-26-16/h1-4,7-8H,5-6H2,(H,19,20,21). The van der Waals surface area contributed by atoms with Crippen LogP contribution in [0.4, 0.5) is 5.82 Å². The molecule has 1 N–H and O–H groups in total. The minimum absolute atomic E-state index is 0.192. The number of hydrogen-bond acceptors (Lipinski definition) is 8. The van der Waals surface area contributed by atoms with Crippen LogP contribution >= 0.6 is 46.1 Å². The Kier molecular flexibility index (Phi) is 5.16. The van der Waals surface area contributed by atoms with Crippen molar-refractivity contribution in [2.45, 2.75) is 6.42 Å². The van der Waals surface area contributed by atoms with Gasteiger partial charge in [0.2, 0.25) is 5.28 Å². The summed E-state index contributed by atoms with van der Waals surface area (Å²) in [6.07, 6.45) is 2.38. The molecule has 0 radical (unpaired) electrons. The molecule has 0 aliphatic carbocycles. The van der Waals surface area contributed by atoms with E-state index in [1.807, 2.05) is 29.6 Å². The SMILES string of the molecule is Clc1nsc(Oc2ccc(CCNc3ncnc4scc(Cl)c34)cc2)n1. The molecular weight excluding hydrogens is 413 g/mol. The Bertz CT molecular complexity index is 1030. The Hall–Kier alpha value is -2.00. The third-order valence-electron chi connectivity index (χ3n) is 3.54. The van der Waals surface area contributed by atoms with E-state index in [2.05, 4.69) is 24.6 Å². The molecule has 3 heterocycles. The monoisotopic (exact) mass is 423 g/mol. The predicted molar refractivity (Wildman–Crippen MR) is 106 cm³/mol. The van der Waals surface area contributed by atoms with Gasteiger partial charge >= 0.3 is 0 Å². The Morgan fingerprint density at radius 1 is 1.12 bits per heavy atom. The second kappa shape index (κ2) is 7.71. The second-order valence-corrected chi connectivity index (χ2v) is 7.56. The first-order chi connectivity index (χ1) is 12.7. The number of benzene rings is 1. The smallest absolute Gasteiger partial charge is 0.299 e. The Morgan fingerprint density at radius 3 is 2.73 bits per heavy atom. The van der Waals surface area contributed by atoms with Crippen molar-refractivity contribution < 1.29 is 4.74 Å². The van der Waals surface area contributed by atoms with Crippen LogP contribution in [0.1, 0.15) is 5.56 Å². The summed E-state index contributed by atoms with van der Waals surface area (Å²) in [5.41, 5.74) is 1.17. The summed E-state index contributed by atoms with van der Waals surface area (Å²) < 4.78 is 9.46. The van der Waals surface area contributed by atoms with E-state index in [0.29, 0.717) is 16.0 Å². The molecule has 0 fully saturated rings. The first kappa shape index (κ1) is 17.4. The summed E-state index contributed by atoms with van der Waals surface area (Å²) >= 11 is 14.5. The molecular formula is C16H11Cl2N5OS2. The largest absolute Gasteiger partial charge is 0.430 e. The zero-order valence-electron chi connectivity index (χ0n) is 13.1. The number of ether oxygens (including phenoxy) is 1. The highest BCUT2D eigenvalue weighted by atomic mass is 35.5. The van der Waals surface area contributed by atoms with Gasteiger partial charge in [0.05, 0.1) is 10.4 Å². The van der Waals surface area contributed by atoms with Gasteiger partial charge in [-0.15, -0.1) is 11.3 Å². The van der Waals surface area contributed by atoms with Gasteiger partial charge in [0.15, 0.2) is 0 Å². The number of rotatable bonds is 6. The van der Waals surface area contributed by atoms with Crippen LogP contribution in [0, 0.1) is 0 Å². The lowest BCUT2D eigenvalue weighted by Crippen LogP contribution is -2.06. The van der Waals surface area contributed by atoms with E-state index < -0.39 is 0 Å². The number of thiophene rings is 1. The Balaban J connectivity index is 1.36. The van der Waals surface area contributed by atoms with Crippen molar-refractivity contribution in [1.82, 2.24) is 19.3 Å². The highest BCUT2D eigenvalue weighted by molar-refractivity contribution is 7.17. The van der Waals surface area contributed by atoms with Crippen LogP contribution in [-0.4, -0.2) is 25.9 Å². The maximum Gasteiger partial charge on any atom is 0.299 e. The van der Waals surface area contributed by atoms with Gasteiger partial charge in [0.25, 0.3) is 5.19 Å². The molecule has 10 heteroatoms. The molecule has 0 spiro atoms. The van der Waals surface area contributed by atoms with E-state index in [1.54, 1.807) is 6.33 Å². The van der Waals surface area contributed by atoms with Crippen molar-refractivity contribution in [3.05, 3.63) is 51.8 Å². The van der Waals surface area contributed by atoms with Crippen molar-refractivity contribution in [1.29, 1.82) is 0 Å². The Morgan fingerprint density at radius 2 is 1.96 bits per heavy atom. The van der Waals surface area contributed by atoms with E-state index in [-0.39, 0.29) is 5.28 Å². The third kappa shape index (κ3) is 3.88. The fourth-order valence-electron chi connectivity index (χ4n) is 2.36. The van der Waals surface area contributed by atoms with Crippen molar-refractivity contribution in [2.24, 2.45) is 0 Å². The number of halogens is 2. The number of fused-ring (bicyclic) bond motifs is 1. The normalized spacial score (nSPS) is 11.0. The number of hydrogen-bond donors (Lipinski definition) is 1. The highest BCUT2D eigenvalue weighted by Gasteiger charge is 2.09. The van der Waals surface area contributed by atoms with Crippen LogP contribution in [0.3, 0.4) is 0 Å². The summed E-state index contributed by atoms with van der Waals surface area (Å²) in [7, 11) is 0. The van der Waals surface area contributed by atoms with Gasteiger partial charge < -0.3 is 10.1 Å². The highest BCUT2D eigenvalue weighted by Crippen LogP contribution is 2.32. The molecule has 1 aromatic carbocycles. The van der Waals surface area contributed by atoms with Crippen molar-refractivity contribution in [3.63, 3.8) is 0 Å². The van der Waals surface area contributed by atoms with Gasteiger partial charge in [-0.2, -0.15) is 9.36 Å². The lowest BCUT2D eigenvalue weighted by atomic mass is 10.1. The molecule has 0 aliphatic heterocycles. The van der Waals surface area contributed by atoms with Gasteiger partial charge in [-0.3, -0.25) is 0 Å². The quantitative estimate of drug-likeness (QED) is 0.453. The fourth-order valence-corrected chi connectivity index (χ4v) is 4.18. The summed E-state index contributed by atoms with van der Waals surface area (Å²) in [6.45, 7) is 0.727. The lowest BCUT2D eigenvalue weighted by Gasteiger charge is -2.07. The van der Waals surface area contributed by atoms with Crippen LogP contribution in [0.25, 0.3) is 10.2 Å². The van der Waals surface area contributed by atoms with Crippen LogP contribution in [0.2, 0.25) is 10.3 Å². The number of nitrogens with zero attached hydrogens (tertiary/aromatic N) is 4. The molecule has 0 aliphatic rings. The first-order valence-electron chi connectivity index (χ1n) is 7.56. The van der Waals surface area contributed by atoms with Crippen molar-refractivity contribution in [2.75, 3.05) is 11.9 Å². The molecule has 26 heavy (non-hydrogen) atoms. The van der Waals surface area contributed by atoms with Crippen molar-refractivity contribution in [3.8, 4) is 10.9 Å². The summed E-state index contributed by atoms with van der Waals surface area (Å²) in [5.74, 6) is 1.45. The minimum Gasteiger partial charge on any atom is -0.430 e. The van der Waals surface area contributed by atoms with Crippen LogP contribution in [-0.2, 0) is 6.42 Å². The van der Waals surface area contributed by atoms with E-state index in [9.17, 15) is 0 Å². The molecule has 4 rings (SSSR count). The zero-order chi connectivity index (χ0) is 17.9. The number of aromatic nitrogens is 4. The average Bonchev–Trinajstić information content (AvgIpc) is 3.23. The second-order valence-electron chi connectivity index (χ2n) is 5.24. The van der Waals surface area contributed by atoms with Crippen LogP contribution < -0.4 is 10.1 Å². The fraction of sp³-hybridized carbons (Fsp3) is 0.125. The average molecular weight is 424 g/mol. The molecule has 0 bridgehead atoms. The third-order valence-corrected chi connectivity index (χ3v) is 5.72. The summed E-state index contributed by atoms with van der Waals surface area (Å²) in [5, 5.41) is 7.36. The topological polar surface area (TPSA) is 72.8 Å². The molecule has 0 atom stereocenters. The summed E-state index contributed by atoms with van der Waals surface area (Å²) in [4.78, 5) is 13.4. The van der Waals surface area contributed by atoms with E-state index in [1.165, 1.54) is 16.9 Å². The summed E-state index contributed by atoms with van der Waals surface area (Å²) in [6, 6.07) is 7.80. The maximum atomic E-state index is 6.22. The molecule has 0 amide bonds. The number of nitrogens with one attached hydrogen (secondary N) is 1. The van der Waals surface area contributed by atoms with Gasteiger partial charge in [-0.25, -0.2) is 9.97 Å². The van der Waals surface area contributed by atoms with E-state index in [0.717, 1.165) is 40.5 Å². The first-order valence-corrected chi connectivity index (χ1v) is 9.97. The van der Waals surface area contributed by atoms with Crippen molar-refractivity contribution >= 4 is 62.1 Å². The van der Waals surface area contributed by atoms with Gasteiger partial charge in [-0.1, -0.05) is 23.7 Å². The Labute approximate surface area is 167 Å². The van der Waals surface area contributed by atoms with E-state index in [4.69, 9.17) is 27.9 Å². The molecule has 0 saturated carbocycles. The van der Waals surface area contributed by atoms with Crippen LogP contribution in [0.5, 0.6) is 10.9 Å². The van der Waals surface area contributed by atoms with Crippen LogP contribution in [0.15, 0.2) is 36.0 Å². The van der Waals surface area contributed by atoms with Gasteiger partial charge in [0.1, 0.15) is 22.7 Å². The van der Waals surface area contributed by atoms with Gasteiger partial charge in [-0.05, 0) is 35.7 Å². The zero-order valence-corrected chi connectivity index (χ0v) is 16.3. The maximum absolute atomic E-state index is 6.22.